The minimum atomic E-state index is 0.227. The van der Waals surface area contributed by atoms with Crippen LogP contribution in [0.15, 0.2) is 18.2 Å². The van der Waals surface area contributed by atoms with Gasteiger partial charge in [0.2, 0.25) is 6.79 Å². The molecule has 0 atom stereocenters. The minimum Gasteiger partial charge on any atom is -0.507 e. The number of ether oxygens (including phenoxy) is 2. The van der Waals surface area contributed by atoms with Gasteiger partial charge in [-0.25, -0.2) is 0 Å². The van der Waals surface area contributed by atoms with Gasteiger partial charge in [0, 0.05) is 11.6 Å². The molecule has 1 heterocycles. The lowest BCUT2D eigenvalue weighted by atomic mass is 10.1. The third kappa shape index (κ3) is 1.31. The van der Waals surface area contributed by atoms with Crippen LogP contribution in [0.25, 0.3) is 5.57 Å². The van der Waals surface area contributed by atoms with Crippen molar-refractivity contribution in [3.05, 3.63) is 23.8 Å². The van der Waals surface area contributed by atoms with Gasteiger partial charge >= 0.3 is 0 Å². The lowest BCUT2D eigenvalue weighted by molar-refractivity contribution is 0.174. The molecule has 0 radical (unpaired) electrons. The summed E-state index contributed by atoms with van der Waals surface area (Å²) in [7, 11) is 0. The van der Waals surface area contributed by atoms with Crippen molar-refractivity contribution in [1.82, 2.24) is 0 Å². The number of allylic oxidation sites excluding steroid dienone is 2. The van der Waals surface area contributed by atoms with Crippen LogP contribution < -0.4 is 9.47 Å². The van der Waals surface area contributed by atoms with Crippen molar-refractivity contribution >= 4 is 5.57 Å². The molecular formula is C11H12O3. The summed E-state index contributed by atoms with van der Waals surface area (Å²) in [5, 5.41) is 9.70. The Morgan fingerprint density at radius 2 is 2.00 bits per heavy atom. The Morgan fingerprint density at radius 3 is 2.64 bits per heavy atom. The third-order valence-corrected chi connectivity index (χ3v) is 2.35. The first-order valence-corrected chi connectivity index (χ1v) is 4.48. The highest BCUT2D eigenvalue weighted by molar-refractivity contribution is 5.71. The third-order valence-electron chi connectivity index (χ3n) is 2.35. The predicted octanol–water partition coefficient (Wildman–Crippen LogP) is 2.54. The lowest BCUT2D eigenvalue weighted by Gasteiger charge is -2.05. The number of phenolic OH excluding ortho intramolecular Hbond substituents is 1. The predicted molar refractivity (Wildman–Crippen MR) is 53.6 cm³/mol. The number of phenols is 1. The Hall–Kier alpha value is -1.64. The largest absolute Gasteiger partial charge is 0.507 e. The molecule has 0 aliphatic carbocycles. The van der Waals surface area contributed by atoms with Crippen LogP contribution in [0, 0.1) is 0 Å². The summed E-state index contributed by atoms with van der Waals surface area (Å²) < 4.78 is 10.4. The van der Waals surface area contributed by atoms with Crippen molar-refractivity contribution in [2.45, 2.75) is 13.8 Å². The van der Waals surface area contributed by atoms with E-state index in [-0.39, 0.29) is 12.5 Å². The zero-order valence-electron chi connectivity index (χ0n) is 8.20. The van der Waals surface area contributed by atoms with Crippen molar-refractivity contribution < 1.29 is 14.6 Å². The average molecular weight is 192 g/mol. The van der Waals surface area contributed by atoms with Crippen LogP contribution in [0.1, 0.15) is 19.4 Å². The van der Waals surface area contributed by atoms with Gasteiger partial charge in [-0.05, 0) is 25.5 Å². The first-order chi connectivity index (χ1) is 6.72. The van der Waals surface area contributed by atoms with Crippen molar-refractivity contribution in [2.24, 2.45) is 0 Å². The highest BCUT2D eigenvalue weighted by Gasteiger charge is 2.17. The van der Waals surface area contributed by atoms with E-state index in [1.54, 1.807) is 12.1 Å². The number of rotatable bonds is 1. The van der Waals surface area contributed by atoms with Crippen LogP contribution >= 0.6 is 0 Å². The SMILES string of the molecule is C/C=C(/C)c1cc2c(cc1O)OCO2. The highest BCUT2D eigenvalue weighted by atomic mass is 16.7. The quantitative estimate of drug-likeness (QED) is 0.743. The number of hydrogen-bond donors (Lipinski definition) is 1. The van der Waals surface area contributed by atoms with Crippen LogP contribution in [0.3, 0.4) is 0 Å². The van der Waals surface area contributed by atoms with E-state index in [0.717, 1.165) is 11.1 Å². The maximum absolute atomic E-state index is 9.70. The lowest BCUT2D eigenvalue weighted by Crippen LogP contribution is -1.92. The van der Waals surface area contributed by atoms with Crippen LogP contribution in [-0.4, -0.2) is 11.9 Å². The molecule has 0 saturated carbocycles. The molecule has 1 aliphatic heterocycles. The standard InChI is InChI=1S/C11H12O3/c1-3-7(2)8-4-10-11(5-9(8)12)14-6-13-10/h3-5,12H,6H2,1-2H3/b7-3-. The van der Waals surface area contributed by atoms with Gasteiger partial charge in [0.1, 0.15) is 5.75 Å². The second-order valence-electron chi connectivity index (χ2n) is 3.19. The number of fused-ring (bicyclic) bond motifs is 1. The minimum absolute atomic E-state index is 0.227. The maximum atomic E-state index is 9.70. The van der Waals surface area contributed by atoms with Crippen molar-refractivity contribution in [3.63, 3.8) is 0 Å². The summed E-state index contributed by atoms with van der Waals surface area (Å²) in [5.41, 5.74) is 1.80. The van der Waals surface area contributed by atoms with Crippen LogP contribution in [-0.2, 0) is 0 Å². The van der Waals surface area contributed by atoms with E-state index < -0.39 is 0 Å². The molecule has 0 bridgehead atoms. The molecule has 1 aliphatic rings. The monoisotopic (exact) mass is 192 g/mol. The smallest absolute Gasteiger partial charge is 0.231 e. The molecule has 3 heteroatoms. The molecule has 2 rings (SSSR count). The second kappa shape index (κ2) is 3.25. The molecule has 0 aromatic heterocycles. The normalized spacial score (nSPS) is 14.6. The fourth-order valence-electron chi connectivity index (χ4n) is 1.40. The molecule has 0 unspecified atom stereocenters. The maximum Gasteiger partial charge on any atom is 0.231 e. The summed E-state index contributed by atoms with van der Waals surface area (Å²) in [6, 6.07) is 3.39. The van der Waals surface area contributed by atoms with Crippen molar-refractivity contribution in [1.29, 1.82) is 0 Å². The summed E-state index contributed by atoms with van der Waals surface area (Å²) in [6.45, 7) is 4.10. The van der Waals surface area contributed by atoms with Crippen molar-refractivity contribution in [2.75, 3.05) is 6.79 Å². The summed E-state index contributed by atoms with van der Waals surface area (Å²) >= 11 is 0. The number of aromatic hydroxyl groups is 1. The Bertz CT molecular complexity index is 394. The summed E-state index contributed by atoms with van der Waals surface area (Å²) in [4.78, 5) is 0. The van der Waals surface area contributed by atoms with Gasteiger partial charge in [-0.3, -0.25) is 0 Å². The zero-order valence-corrected chi connectivity index (χ0v) is 8.20. The zero-order chi connectivity index (χ0) is 10.1. The van der Waals surface area contributed by atoms with Gasteiger partial charge in [-0.15, -0.1) is 0 Å². The Balaban J connectivity index is 2.53. The molecule has 0 amide bonds. The van der Waals surface area contributed by atoms with Gasteiger partial charge in [-0.1, -0.05) is 6.08 Å². The van der Waals surface area contributed by atoms with E-state index in [0.29, 0.717) is 11.5 Å². The molecular weight excluding hydrogens is 180 g/mol. The topological polar surface area (TPSA) is 38.7 Å². The number of benzene rings is 1. The van der Waals surface area contributed by atoms with E-state index in [9.17, 15) is 5.11 Å². The molecule has 0 fully saturated rings. The summed E-state index contributed by atoms with van der Waals surface area (Å²) in [6.07, 6.45) is 1.94. The Labute approximate surface area is 82.6 Å². The van der Waals surface area contributed by atoms with E-state index >= 15 is 0 Å². The second-order valence-corrected chi connectivity index (χ2v) is 3.19. The van der Waals surface area contributed by atoms with Gasteiger partial charge in [0.05, 0.1) is 0 Å². The fraction of sp³-hybridized carbons (Fsp3) is 0.273. The van der Waals surface area contributed by atoms with E-state index in [2.05, 4.69) is 0 Å². The molecule has 0 spiro atoms. The Morgan fingerprint density at radius 1 is 1.36 bits per heavy atom. The van der Waals surface area contributed by atoms with E-state index in [1.807, 2.05) is 19.9 Å². The summed E-state index contributed by atoms with van der Waals surface area (Å²) in [5.74, 6) is 1.53. The molecule has 14 heavy (non-hydrogen) atoms. The fourth-order valence-corrected chi connectivity index (χ4v) is 1.40. The van der Waals surface area contributed by atoms with Crippen LogP contribution in [0.4, 0.5) is 0 Å². The molecule has 1 aromatic carbocycles. The van der Waals surface area contributed by atoms with Gasteiger partial charge < -0.3 is 14.6 Å². The van der Waals surface area contributed by atoms with Gasteiger partial charge in [0.15, 0.2) is 11.5 Å². The first-order valence-electron chi connectivity index (χ1n) is 4.48. The average Bonchev–Trinajstić information content (AvgIpc) is 2.62. The van der Waals surface area contributed by atoms with E-state index in [1.165, 1.54) is 0 Å². The van der Waals surface area contributed by atoms with Crippen LogP contribution in [0.5, 0.6) is 17.2 Å². The van der Waals surface area contributed by atoms with Crippen LogP contribution in [0.2, 0.25) is 0 Å². The molecule has 1 N–H and O–H groups in total. The number of hydrogen-bond acceptors (Lipinski definition) is 3. The molecule has 1 aromatic rings. The molecule has 0 saturated heterocycles. The van der Waals surface area contributed by atoms with Crippen molar-refractivity contribution in [3.8, 4) is 17.2 Å². The first kappa shape index (κ1) is 8.94. The highest BCUT2D eigenvalue weighted by Crippen LogP contribution is 2.39. The van der Waals surface area contributed by atoms with Gasteiger partial charge in [0.25, 0.3) is 0 Å². The molecule has 74 valence electrons. The Kier molecular flexibility index (Phi) is 2.08. The molecule has 3 nitrogen and oxygen atoms in total. The van der Waals surface area contributed by atoms with Gasteiger partial charge in [-0.2, -0.15) is 0 Å². The van der Waals surface area contributed by atoms with E-state index in [4.69, 9.17) is 9.47 Å².